The van der Waals surface area contributed by atoms with Crippen molar-refractivity contribution in [3.63, 3.8) is 0 Å². The van der Waals surface area contributed by atoms with Gasteiger partial charge in [-0.3, -0.25) is 4.79 Å². The van der Waals surface area contributed by atoms with E-state index in [9.17, 15) is 4.79 Å². The molecule has 1 aromatic rings. The van der Waals surface area contributed by atoms with Gasteiger partial charge in [-0.1, -0.05) is 70.6 Å². The molecule has 3 heteroatoms. The van der Waals surface area contributed by atoms with Crippen LogP contribution in [-0.4, -0.2) is 35.4 Å². The largest absolute Gasteiger partial charge is 0.303 e. The van der Waals surface area contributed by atoms with Crippen LogP contribution in [0.2, 0.25) is 0 Å². The smallest absolute Gasteiger partial charge is 0.196 e. The third-order valence-corrected chi connectivity index (χ3v) is 5.07. The Morgan fingerprint density at radius 2 is 1.77 bits per heavy atom. The SMILES string of the molecule is CCN(CC)CCSC(=O)C(C)c1ccccc1CC(C)C. The molecule has 0 spiro atoms. The minimum atomic E-state index is -0.0170. The highest BCUT2D eigenvalue weighted by atomic mass is 32.2. The Bertz CT molecular complexity index is 455. The number of nitrogens with zero attached hydrogens (tertiary/aromatic N) is 1. The second-order valence-corrected chi connectivity index (χ2v) is 7.31. The lowest BCUT2D eigenvalue weighted by atomic mass is 9.91. The quantitative estimate of drug-likeness (QED) is 0.663. The van der Waals surface area contributed by atoms with Crippen molar-refractivity contribution in [2.45, 2.75) is 47.0 Å². The van der Waals surface area contributed by atoms with E-state index >= 15 is 0 Å². The number of hydrogen-bond donors (Lipinski definition) is 0. The van der Waals surface area contributed by atoms with E-state index in [0.29, 0.717) is 11.0 Å². The van der Waals surface area contributed by atoms with Crippen LogP contribution in [0, 0.1) is 5.92 Å². The van der Waals surface area contributed by atoms with Crippen molar-refractivity contribution >= 4 is 16.9 Å². The molecule has 0 radical (unpaired) electrons. The van der Waals surface area contributed by atoms with Crippen molar-refractivity contribution in [2.24, 2.45) is 5.92 Å². The summed E-state index contributed by atoms with van der Waals surface area (Å²) in [5, 5.41) is 0.295. The minimum absolute atomic E-state index is 0.0170. The van der Waals surface area contributed by atoms with E-state index in [1.807, 2.05) is 13.0 Å². The standard InChI is InChI=1S/C19H31NOS/c1-6-20(7-2)12-13-22-19(21)16(5)18-11-9-8-10-17(18)14-15(3)4/h8-11,15-16H,6-7,12-14H2,1-5H3. The van der Waals surface area contributed by atoms with Crippen molar-refractivity contribution in [1.29, 1.82) is 0 Å². The van der Waals surface area contributed by atoms with Crippen LogP contribution in [0.1, 0.15) is 51.7 Å². The monoisotopic (exact) mass is 321 g/mol. The molecule has 124 valence electrons. The average molecular weight is 322 g/mol. The van der Waals surface area contributed by atoms with Crippen molar-refractivity contribution < 1.29 is 4.79 Å². The Labute approximate surface area is 140 Å². The molecule has 0 aromatic heterocycles. The number of rotatable bonds is 9. The van der Waals surface area contributed by atoms with E-state index in [-0.39, 0.29) is 5.92 Å². The summed E-state index contributed by atoms with van der Waals surface area (Å²) in [7, 11) is 0. The molecule has 0 saturated heterocycles. The number of hydrogen-bond acceptors (Lipinski definition) is 3. The maximum atomic E-state index is 12.5. The summed E-state index contributed by atoms with van der Waals surface area (Å²) in [5.41, 5.74) is 2.53. The first-order valence-corrected chi connectivity index (χ1v) is 9.44. The molecule has 1 atom stereocenters. The van der Waals surface area contributed by atoms with E-state index in [0.717, 1.165) is 31.8 Å². The van der Waals surface area contributed by atoms with Gasteiger partial charge in [0.2, 0.25) is 0 Å². The summed E-state index contributed by atoms with van der Waals surface area (Å²) < 4.78 is 0. The van der Waals surface area contributed by atoms with Crippen molar-refractivity contribution in [2.75, 3.05) is 25.4 Å². The molecule has 0 heterocycles. The minimum Gasteiger partial charge on any atom is -0.303 e. The first-order chi connectivity index (χ1) is 10.5. The molecule has 0 bridgehead atoms. The molecule has 2 nitrogen and oxygen atoms in total. The first kappa shape index (κ1) is 19.2. The maximum Gasteiger partial charge on any atom is 0.196 e. The van der Waals surface area contributed by atoms with Crippen LogP contribution in [0.4, 0.5) is 0 Å². The molecule has 0 aliphatic rings. The number of thioether (sulfide) groups is 1. The van der Waals surface area contributed by atoms with Crippen LogP contribution in [0.15, 0.2) is 24.3 Å². The number of benzene rings is 1. The van der Waals surface area contributed by atoms with E-state index in [1.54, 1.807) is 0 Å². The van der Waals surface area contributed by atoms with Gasteiger partial charge in [-0.05, 0) is 36.6 Å². The first-order valence-electron chi connectivity index (χ1n) is 8.46. The van der Waals surface area contributed by atoms with E-state index in [4.69, 9.17) is 0 Å². The third kappa shape index (κ3) is 6.13. The molecule has 1 aromatic carbocycles. The van der Waals surface area contributed by atoms with Gasteiger partial charge >= 0.3 is 0 Å². The summed E-state index contributed by atoms with van der Waals surface area (Å²) in [6.07, 6.45) is 1.04. The second kappa shape index (κ2) is 10.1. The topological polar surface area (TPSA) is 20.3 Å². The summed E-state index contributed by atoms with van der Waals surface area (Å²) >= 11 is 1.49. The van der Waals surface area contributed by atoms with Crippen LogP contribution in [-0.2, 0) is 11.2 Å². The maximum absolute atomic E-state index is 12.5. The van der Waals surface area contributed by atoms with Crippen LogP contribution in [0.5, 0.6) is 0 Å². The lowest BCUT2D eigenvalue weighted by molar-refractivity contribution is -0.111. The van der Waals surface area contributed by atoms with Gasteiger partial charge in [0.25, 0.3) is 0 Å². The van der Waals surface area contributed by atoms with Crippen molar-refractivity contribution in [3.05, 3.63) is 35.4 Å². The van der Waals surface area contributed by atoms with Gasteiger partial charge in [-0.25, -0.2) is 0 Å². The van der Waals surface area contributed by atoms with Crippen LogP contribution in [0.25, 0.3) is 0 Å². The fourth-order valence-electron chi connectivity index (χ4n) is 2.65. The van der Waals surface area contributed by atoms with E-state index in [1.165, 1.54) is 22.9 Å². The molecule has 1 unspecified atom stereocenters. The molecule has 0 fully saturated rings. The van der Waals surface area contributed by atoms with Crippen molar-refractivity contribution in [1.82, 2.24) is 4.90 Å². The molecular formula is C19H31NOS. The Hall–Kier alpha value is -0.800. The molecule has 1 rings (SSSR count). The predicted octanol–water partition coefficient (Wildman–Crippen LogP) is 4.59. The molecule has 0 aliphatic heterocycles. The molecular weight excluding hydrogens is 290 g/mol. The predicted molar refractivity (Wildman–Crippen MR) is 98.7 cm³/mol. The van der Waals surface area contributed by atoms with E-state index < -0.39 is 0 Å². The molecule has 22 heavy (non-hydrogen) atoms. The van der Waals surface area contributed by atoms with Gasteiger partial charge < -0.3 is 4.90 Å². The van der Waals surface area contributed by atoms with Gasteiger partial charge in [-0.2, -0.15) is 0 Å². The lowest BCUT2D eigenvalue weighted by Crippen LogP contribution is -2.26. The number of carbonyl (C=O) groups excluding carboxylic acids is 1. The fourth-order valence-corrected chi connectivity index (χ4v) is 3.58. The summed E-state index contributed by atoms with van der Waals surface area (Å²) in [5.74, 6) is 1.48. The summed E-state index contributed by atoms with van der Waals surface area (Å²) in [6, 6.07) is 8.40. The van der Waals surface area contributed by atoms with Gasteiger partial charge in [0, 0.05) is 12.3 Å². The molecule has 0 N–H and O–H groups in total. The van der Waals surface area contributed by atoms with Crippen LogP contribution < -0.4 is 0 Å². The van der Waals surface area contributed by atoms with Crippen LogP contribution in [0.3, 0.4) is 0 Å². The Kier molecular flexibility index (Phi) is 8.81. The summed E-state index contributed by atoms with van der Waals surface area (Å²) in [4.78, 5) is 14.8. The third-order valence-electron chi connectivity index (χ3n) is 4.05. The summed E-state index contributed by atoms with van der Waals surface area (Å²) in [6.45, 7) is 13.9. The van der Waals surface area contributed by atoms with Crippen LogP contribution >= 0.6 is 11.8 Å². The highest BCUT2D eigenvalue weighted by Gasteiger charge is 2.19. The molecule has 0 aliphatic carbocycles. The zero-order valence-corrected chi connectivity index (χ0v) is 15.6. The molecule has 0 amide bonds. The molecule has 0 saturated carbocycles. The Balaban J connectivity index is 2.63. The van der Waals surface area contributed by atoms with E-state index in [2.05, 4.69) is 50.8 Å². The van der Waals surface area contributed by atoms with Gasteiger partial charge in [0.05, 0.1) is 5.92 Å². The Morgan fingerprint density at radius 1 is 1.14 bits per heavy atom. The second-order valence-electron chi connectivity index (χ2n) is 6.21. The average Bonchev–Trinajstić information content (AvgIpc) is 2.50. The highest BCUT2D eigenvalue weighted by Crippen LogP contribution is 2.26. The lowest BCUT2D eigenvalue weighted by Gasteiger charge is -2.19. The fraction of sp³-hybridized carbons (Fsp3) is 0.632. The van der Waals surface area contributed by atoms with Gasteiger partial charge in [-0.15, -0.1) is 0 Å². The van der Waals surface area contributed by atoms with Gasteiger partial charge in [0.1, 0.15) is 0 Å². The van der Waals surface area contributed by atoms with Crippen molar-refractivity contribution in [3.8, 4) is 0 Å². The highest BCUT2D eigenvalue weighted by molar-refractivity contribution is 8.13. The Morgan fingerprint density at radius 3 is 2.36 bits per heavy atom. The zero-order valence-electron chi connectivity index (χ0n) is 14.8. The normalized spacial score (nSPS) is 12.9. The zero-order chi connectivity index (χ0) is 16.5. The number of carbonyl (C=O) groups is 1. The van der Waals surface area contributed by atoms with Gasteiger partial charge in [0.15, 0.2) is 5.12 Å².